The normalized spacial score (nSPS) is 29.2. The number of piperidine rings is 1. The highest BCUT2D eigenvalue weighted by Gasteiger charge is 2.38. The fraction of sp³-hybridized carbons (Fsp3) is 0.722. The first-order chi connectivity index (χ1) is 13.8. The van der Waals surface area contributed by atoms with Gasteiger partial charge in [0.15, 0.2) is 9.84 Å². The van der Waals surface area contributed by atoms with Crippen molar-refractivity contribution in [2.24, 2.45) is 5.92 Å². The number of rotatable bonds is 4. The molecule has 8 nitrogen and oxygen atoms in total. The predicted octanol–water partition coefficient (Wildman–Crippen LogP) is 0.480. The van der Waals surface area contributed by atoms with Gasteiger partial charge in [-0.3, -0.25) is 9.69 Å². The SMILES string of the molecule is O=C([C@@H]1CCCN(S(=O)(=O)c2cccs2)C1)N1CCN([C@H]2CCS(=O)(=O)C2)CC1. The molecule has 1 aromatic rings. The summed E-state index contributed by atoms with van der Waals surface area (Å²) in [6.45, 7) is 3.19. The van der Waals surface area contributed by atoms with E-state index in [1.54, 1.807) is 17.5 Å². The third-order valence-electron chi connectivity index (χ3n) is 6.17. The molecule has 0 aliphatic carbocycles. The molecule has 29 heavy (non-hydrogen) atoms. The quantitative estimate of drug-likeness (QED) is 0.647. The lowest BCUT2D eigenvalue weighted by atomic mass is 9.97. The Balaban J connectivity index is 1.34. The average Bonchev–Trinajstić information content (AvgIpc) is 3.38. The molecule has 11 heteroatoms. The number of carbonyl (C=O) groups excluding carboxylic acids is 1. The molecule has 0 aromatic carbocycles. The summed E-state index contributed by atoms with van der Waals surface area (Å²) in [5.74, 6) is 0.193. The van der Waals surface area contributed by atoms with Gasteiger partial charge < -0.3 is 4.90 Å². The molecular formula is C18H27N3O5S3. The summed E-state index contributed by atoms with van der Waals surface area (Å²) >= 11 is 1.20. The maximum absolute atomic E-state index is 13.0. The smallest absolute Gasteiger partial charge is 0.252 e. The summed E-state index contributed by atoms with van der Waals surface area (Å²) in [4.78, 5) is 17.0. The molecular weight excluding hydrogens is 434 g/mol. The molecule has 0 unspecified atom stereocenters. The van der Waals surface area contributed by atoms with Gasteiger partial charge in [-0.2, -0.15) is 4.31 Å². The van der Waals surface area contributed by atoms with Crippen LogP contribution in [0.3, 0.4) is 0 Å². The fourth-order valence-corrected chi connectivity index (χ4v) is 8.96. The Hall–Kier alpha value is -1.01. The monoisotopic (exact) mass is 461 g/mol. The molecule has 3 saturated heterocycles. The van der Waals surface area contributed by atoms with E-state index in [0.29, 0.717) is 56.2 Å². The minimum absolute atomic E-state index is 0.0229. The summed E-state index contributed by atoms with van der Waals surface area (Å²) in [5, 5.41) is 1.74. The van der Waals surface area contributed by atoms with Crippen LogP contribution in [0.4, 0.5) is 0 Å². The second kappa shape index (κ2) is 8.26. The Labute approximate surface area is 176 Å². The fourth-order valence-electron chi connectivity index (χ4n) is 4.53. The van der Waals surface area contributed by atoms with Crippen molar-refractivity contribution in [3.8, 4) is 0 Å². The summed E-state index contributed by atoms with van der Waals surface area (Å²) < 4.78 is 50.8. The molecule has 3 aliphatic heterocycles. The molecule has 0 bridgehead atoms. The van der Waals surface area contributed by atoms with Gasteiger partial charge in [-0.05, 0) is 30.7 Å². The first-order valence-corrected chi connectivity index (χ1v) is 14.2. The lowest BCUT2D eigenvalue weighted by molar-refractivity contribution is -0.138. The zero-order chi connectivity index (χ0) is 20.6. The van der Waals surface area contributed by atoms with E-state index in [2.05, 4.69) is 4.90 Å². The van der Waals surface area contributed by atoms with Crippen molar-refractivity contribution in [3.05, 3.63) is 17.5 Å². The molecule has 1 amide bonds. The molecule has 1 aromatic heterocycles. The third kappa shape index (κ3) is 4.53. The van der Waals surface area contributed by atoms with Crippen LogP contribution >= 0.6 is 11.3 Å². The molecule has 4 rings (SSSR count). The van der Waals surface area contributed by atoms with E-state index in [1.807, 2.05) is 4.90 Å². The van der Waals surface area contributed by atoms with Crippen LogP contribution in [0.15, 0.2) is 21.7 Å². The third-order valence-corrected chi connectivity index (χ3v) is 11.2. The van der Waals surface area contributed by atoms with Crippen molar-refractivity contribution in [2.75, 3.05) is 50.8 Å². The van der Waals surface area contributed by atoms with Crippen molar-refractivity contribution >= 4 is 37.1 Å². The van der Waals surface area contributed by atoms with Crippen LogP contribution in [0, 0.1) is 5.92 Å². The Morgan fingerprint density at radius 1 is 1.10 bits per heavy atom. The first-order valence-electron chi connectivity index (χ1n) is 10.0. The van der Waals surface area contributed by atoms with E-state index < -0.39 is 19.9 Å². The molecule has 2 atom stereocenters. The lowest BCUT2D eigenvalue weighted by Gasteiger charge is -2.40. The van der Waals surface area contributed by atoms with Crippen molar-refractivity contribution in [3.63, 3.8) is 0 Å². The van der Waals surface area contributed by atoms with E-state index in [1.165, 1.54) is 15.6 Å². The van der Waals surface area contributed by atoms with E-state index in [0.717, 1.165) is 0 Å². The Morgan fingerprint density at radius 3 is 2.48 bits per heavy atom. The molecule has 0 spiro atoms. The zero-order valence-electron chi connectivity index (χ0n) is 16.3. The van der Waals surface area contributed by atoms with E-state index in [-0.39, 0.29) is 35.9 Å². The summed E-state index contributed by atoms with van der Waals surface area (Å²) in [6.07, 6.45) is 2.06. The van der Waals surface area contributed by atoms with Crippen LogP contribution in [-0.2, 0) is 24.7 Å². The summed E-state index contributed by atoms with van der Waals surface area (Å²) in [6, 6.07) is 3.39. The maximum atomic E-state index is 13.0. The predicted molar refractivity (Wildman–Crippen MR) is 111 cm³/mol. The molecule has 3 aliphatic rings. The number of thiophene rings is 1. The van der Waals surface area contributed by atoms with E-state index in [4.69, 9.17) is 0 Å². The van der Waals surface area contributed by atoms with Gasteiger partial charge in [0.1, 0.15) is 4.21 Å². The molecule has 0 radical (unpaired) electrons. The Bertz CT molecular complexity index is 937. The number of piperazine rings is 1. The second-order valence-corrected chi connectivity index (χ2v) is 13.4. The second-order valence-electron chi connectivity index (χ2n) is 8.05. The average molecular weight is 462 g/mol. The Kier molecular flexibility index (Phi) is 6.04. The van der Waals surface area contributed by atoms with Crippen LogP contribution in [0.2, 0.25) is 0 Å². The van der Waals surface area contributed by atoms with Gasteiger partial charge in [-0.25, -0.2) is 16.8 Å². The molecule has 3 fully saturated rings. The van der Waals surface area contributed by atoms with E-state index in [9.17, 15) is 21.6 Å². The minimum Gasteiger partial charge on any atom is -0.340 e. The maximum Gasteiger partial charge on any atom is 0.252 e. The number of sulfonamides is 1. The first kappa shape index (κ1) is 21.2. The van der Waals surface area contributed by atoms with Gasteiger partial charge in [0, 0.05) is 45.3 Å². The van der Waals surface area contributed by atoms with Crippen LogP contribution in [0.5, 0.6) is 0 Å². The van der Waals surface area contributed by atoms with Crippen LogP contribution in [0.25, 0.3) is 0 Å². The van der Waals surface area contributed by atoms with Crippen molar-refractivity contribution in [1.82, 2.24) is 14.1 Å². The molecule has 0 N–H and O–H groups in total. The zero-order valence-corrected chi connectivity index (χ0v) is 18.7. The van der Waals surface area contributed by atoms with E-state index >= 15 is 0 Å². The number of sulfone groups is 1. The number of hydrogen-bond acceptors (Lipinski definition) is 7. The van der Waals surface area contributed by atoms with Gasteiger partial charge >= 0.3 is 0 Å². The van der Waals surface area contributed by atoms with Crippen LogP contribution in [0.1, 0.15) is 19.3 Å². The van der Waals surface area contributed by atoms with Gasteiger partial charge in [0.05, 0.1) is 17.4 Å². The van der Waals surface area contributed by atoms with Crippen LogP contribution < -0.4 is 0 Å². The summed E-state index contributed by atoms with van der Waals surface area (Å²) in [5.41, 5.74) is 0. The highest BCUT2D eigenvalue weighted by molar-refractivity contribution is 7.91. The number of nitrogens with zero attached hydrogens (tertiary/aromatic N) is 3. The van der Waals surface area contributed by atoms with Gasteiger partial charge in [0.25, 0.3) is 10.0 Å². The van der Waals surface area contributed by atoms with Gasteiger partial charge in [-0.15, -0.1) is 11.3 Å². The number of hydrogen-bond donors (Lipinski definition) is 0. The van der Waals surface area contributed by atoms with Gasteiger partial charge in [-0.1, -0.05) is 6.07 Å². The van der Waals surface area contributed by atoms with Crippen molar-refractivity contribution in [2.45, 2.75) is 29.5 Å². The van der Waals surface area contributed by atoms with Gasteiger partial charge in [0.2, 0.25) is 5.91 Å². The Morgan fingerprint density at radius 2 is 1.86 bits per heavy atom. The molecule has 0 saturated carbocycles. The number of carbonyl (C=O) groups is 1. The highest BCUT2D eigenvalue weighted by atomic mass is 32.2. The standard InChI is InChI=1S/C18H27N3O5S3/c22-18(20-9-7-19(8-10-20)16-5-12-28(23,24)14-16)15-3-1-6-21(13-15)29(25,26)17-4-2-11-27-17/h2,4,11,15-16H,1,3,5-10,12-14H2/t15-,16+/m1/s1. The summed E-state index contributed by atoms with van der Waals surface area (Å²) in [7, 11) is -6.45. The van der Waals surface area contributed by atoms with Crippen molar-refractivity contribution in [1.29, 1.82) is 0 Å². The number of amides is 1. The van der Waals surface area contributed by atoms with Crippen LogP contribution in [-0.4, -0.2) is 93.7 Å². The lowest BCUT2D eigenvalue weighted by Crippen LogP contribution is -2.55. The van der Waals surface area contributed by atoms with Crippen molar-refractivity contribution < 1.29 is 21.6 Å². The minimum atomic E-state index is -3.53. The molecule has 162 valence electrons. The molecule has 4 heterocycles. The topological polar surface area (TPSA) is 95.1 Å². The largest absolute Gasteiger partial charge is 0.340 e. The highest BCUT2D eigenvalue weighted by Crippen LogP contribution is 2.28.